The molecule has 7 heteroatoms. The fraction of sp³-hybridized carbons (Fsp3) is 0.286. The molecule has 146 valence electrons. The number of ether oxygens (including phenoxy) is 1. The summed E-state index contributed by atoms with van der Waals surface area (Å²) in [6.45, 7) is 2.41. The number of rotatable bonds is 7. The molecule has 1 saturated heterocycles. The summed E-state index contributed by atoms with van der Waals surface area (Å²) in [7, 11) is 0. The zero-order valence-corrected chi connectivity index (χ0v) is 15.6. The lowest BCUT2D eigenvalue weighted by Gasteiger charge is -2.17. The Hall–Kier alpha value is -3.35. The van der Waals surface area contributed by atoms with E-state index in [0.717, 1.165) is 11.1 Å². The number of amides is 2. The summed E-state index contributed by atoms with van der Waals surface area (Å²) >= 11 is 0. The van der Waals surface area contributed by atoms with Gasteiger partial charge >= 0.3 is 5.97 Å². The van der Waals surface area contributed by atoms with Gasteiger partial charge in [-0.1, -0.05) is 35.9 Å². The van der Waals surface area contributed by atoms with Crippen molar-refractivity contribution in [3.8, 4) is 5.75 Å². The summed E-state index contributed by atoms with van der Waals surface area (Å²) < 4.78 is 5.11. The molecule has 0 bridgehead atoms. The van der Waals surface area contributed by atoms with E-state index >= 15 is 0 Å². The Balaban J connectivity index is 1.58. The molecule has 2 N–H and O–H groups in total. The van der Waals surface area contributed by atoms with E-state index in [2.05, 4.69) is 5.32 Å². The van der Waals surface area contributed by atoms with Crippen LogP contribution in [0.15, 0.2) is 48.5 Å². The molecule has 1 aliphatic heterocycles. The van der Waals surface area contributed by atoms with E-state index in [4.69, 9.17) is 9.84 Å². The van der Waals surface area contributed by atoms with Crippen molar-refractivity contribution in [3.63, 3.8) is 0 Å². The number of benzene rings is 2. The van der Waals surface area contributed by atoms with Crippen molar-refractivity contribution in [2.24, 2.45) is 5.92 Å². The Morgan fingerprint density at radius 1 is 1.21 bits per heavy atom. The highest BCUT2D eigenvalue weighted by atomic mass is 16.5. The van der Waals surface area contributed by atoms with Crippen LogP contribution in [0.2, 0.25) is 0 Å². The number of hydrogen-bond acceptors (Lipinski definition) is 4. The van der Waals surface area contributed by atoms with Crippen LogP contribution in [0.4, 0.5) is 5.69 Å². The van der Waals surface area contributed by atoms with Crippen LogP contribution in [0.5, 0.6) is 5.75 Å². The average molecular weight is 382 g/mol. The van der Waals surface area contributed by atoms with Crippen LogP contribution < -0.4 is 10.1 Å². The molecule has 1 fully saturated rings. The van der Waals surface area contributed by atoms with Gasteiger partial charge in [-0.05, 0) is 24.6 Å². The van der Waals surface area contributed by atoms with Crippen molar-refractivity contribution in [2.75, 3.05) is 18.5 Å². The molecule has 2 amide bonds. The number of carbonyl (C=O) groups excluding carboxylic acids is 2. The summed E-state index contributed by atoms with van der Waals surface area (Å²) in [5.41, 5.74) is 2.68. The second-order valence-corrected chi connectivity index (χ2v) is 6.86. The molecule has 2 aromatic rings. The normalized spacial score (nSPS) is 16.1. The van der Waals surface area contributed by atoms with Gasteiger partial charge in [0.15, 0.2) is 6.61 Å². The molecule has 0 aromatic heterocycles. The third kappa shape index (κ3) is 5.09. The van der Waals surface area contributed by atoms with E-state index in [9.17, 15) is 14.4 Å². The molecule has 0 saturated carbocycles. The van der Waals surface area contributed by atoms with E-state index < -0.39 is 18.5 Å². The zero-order chi connectivity index (χ0) is 20.1. The Bertz CT molecular complexity index is 879. The number of likely N-dealkylation sites (tertiary alicyclic amines) is 1. The molecule has 1 unspecified atom stereocenters. The maximum atomic E-state index is 12.6. The van der Waals surface area contributed by atoms with Crippen molar-refractivity contribution < 1.29 is 24.2 Å². The number of anilines is 1. The number of aryl methyl sites for hydroxylation is 1. The van der Waals surface area contributed by atoms with Crippen LogP contribution in [0, 0.1) is 12.8 Å². The molecule has 28 heavy (non-hydrogen) atoms. The van der Waals surface area contributed by atoms with Crippen molar-refractivity contribution in [3.05, 3.63) is 59.7 Å². The molecule has 0 spiro atoms. The molecule has 1 heterocycles. The standard InChI is InChI=1S/C21H22N2O5/c1-14-5-7-15(8-6-14)11-23-12-16(9-19(23)24)21(27)22-17-3-2-4-18(10-17)28-13-20(25)26/h2-8,10,16H,9,11-13H2,1H3,(H,22,27)(H,25,26). The smallest absolute Gasteiger partial charge is 0.341 e. The highest BCUT2D eigenvalue weighted by molar-refractivity contribution is 5.97. The fourth-order valence-corrected chi connectivity index (χ4v) is 3.07. The number of carbonyl (C=O) groups is 3. The van der Waals surface area contributed by atoms with Gasteiger partial charge in [-0.2, -0.15) is 0 Å². The van der Waals surface area contributed by atoms with Gasteiger partial charge < -0.3 is 20.1 Å². The van der Waals surface area contributed by atoms with Crippen LogP contribution in [0.1, 0.15) is 17.5 Å². The molecule has 1 atom stereocenters. The van der Waals surface area contributed by atoms with Gasteiger partial charge in [0, 0.05) is 31.3 Å². The number of carboxylic acids is 1. The maximum Gasteiger partial charge on any atom is 0.341 e. The van der Waals surface area contributed by atoms with Gasteiger partial charge in [-0.15, -0.1) is 0 Å². The van der Waals surface area contributed by atoms with Gasteiger partial charge in [0.1, 0.15) is 5.75 Å². The number of nitrogens with zero attached hydrogens (tertiary/aromatic N) is 1. The van der Waals surface area contributed by atoms with E-state index in [1.165, 1.54) is 0 Å². The van der Waals surface area contributed by atoms with E-state index in [1.807, 2.05) is 31.2 Å². The SMILES string of the molecule is Cc1ccc(CN2CC(C(=O)Nc3cccc(OCC(=O)O)c3)CC2=O)cc1. The van der Waals surface area contributed by atoms with Crippen molar-refractivity contribution in [2.45, 2.75) is 19.9 Å². The number of nitrogens with one attached hydrogen (secondary N) is 1. The molecule has 7 nitrogen and oxygen atoms in total. The summed E-state index contributed by atoms with van der Waals surface area (Å²) in [4.78, 5) is 37.1. The molecular formula is C21H22N2O5. The quantitative estimate of drug-likeness (QED) is 0.767. The lowest BCUT2D eigenvalue weighted by Crippen LogP contribution is -2.28. The van der Waals surface area contributed by atoms with Gasteiger partial charge in [-0.3, -0.25) is 9.59 Å². The summed E-state index contributed by atoms with van der Waals surface area (Å²) in [6, 6.07) is 14.5. The topological polar surface area (TPSA) is 95.9 Å². The van der Waals surface area contributed by atoms with Crippen molar-refractivity contribution >= 4 is 23.5 Å². The van der Waals surface area contributed by atoms with Gasteiger partial charge in [-0.25, -0.2) is 4.79 Å². The van der Waals surface area contributed by atoms with Crippen molar-refractivity contribution in [1.82, 2.24) is 4.90 Å². The lowest BCUT2D eigenvalue weighted by atomic mass is 10.1. The Morgan fingerprint density at radius 2 is 1.96 bits per heavy atom. The van der Waals surface area contributed by atoms with Crippen LogP contribution >= 0.6 is 0 Å². The van der Waals surface area contributed by atoms with Gasteiger partial charge in [0.2, 0.25) is 11.8 Å². The average Bonchev–Trinajstić information content (AvgIpc) is 3.03. The first-order chi connectivity index (χ1) is 13.4. The predicted molar refractivity (Wildman–Crippen MR) is 103 cm³/mol. The third-order valence-corrected chi connectivity index (χ3v) is 4.54. The number of carboxylic acid groups (broad SMARTS) is 1. The largest absolute Gasteiger partial charge is 0.482 e. The summed E-state index contributed by atoms with van der Waals surface area (Å²) in [5.74, 6) is -1.44. The highest BCUT2D eigenvalue weighted by Gasteiger charge is 2.34. The van der Waals surface area contributed by atoms with Gasteiger partial charge in [0.05, 0.1) is 5.92 Å². The van der Waals surface area contributed by atoms with E-state index in [-0.39, 0.29) is 18.2 Å². The summed E-state index contributed by atoms with van der Waals surface area (Å²) in [5, 5.41) is 11.4. The van der Waals surface area contributed by atoms with E-state index in [0.29, 0.717) is 24.5 Å². The van der Waals surface area contributed by atoms with Gasteiger partial charge in [0.25, 0.3) is 0 Å². The minimum Gasteiger partial charge on any atom is -0.482 e. The highest BCUT2D eigenvalue weighted by Crippen LogP contribution is 2.23. The first-order valence-electron chi connectivity index (χ1n) is 8.99. The van der Waals surface area contributed by atoms with Crippen molar-refractivity contribution in [1.29, 1.82) is 0 Å². The second kappa shape index (κ2) is 8.56. The Labute approximate surface area is 162 Å². The second-order valence-electron chi connectivity index (χ2n) is 6.86. The predicted octanol–water partition coefficient (Wildman–Crippen LogP) is 2.45. The molecule has 1 aliphatic rings. The molecule has 0 radical (unpaired) electrons. The van der Waals surface area contributed by atoms with Crippen LogP contribution in [-0.4, -0.2) is 40.9 Å². The fourth-order valence-electron chi connectivity index (χ4n) is 3.07. The minimum atomic E-state index is -1.08. The molecule has 2 aromatic carbocycles. The van der Waals surface area contributed by atoms with Crippen LogP contribution in [0.25, 0.3) is 0 Å². The molecule has 3 rings (SSSR count). The number of hydrogen-bond donors (Lipinski definition) is 2. The molecular weight excluding hydrogens is 360 g/mol. The number of aliphatic carboxylic acids is 1. The first-order valence-corrected chi connectivity index (χ1v) is 8.99. The maximum absolute atomic E-state index is 12.6. The third-order valence-electron chi connectivity index (χ3n) is 4.54. The lowest BCUT2D eigenvalue weighted by molar-refractivity contribution is -0.139. The van der Waals surface area contributed by atoms with E-state index in [1.54, 1.807) is 29.2 Å². The Kier molecular flexibility index (Phi) is 5.93. The first kappa shape index (κ1) is 19.4. The monoisotopic (exact) mass is 382 g/mol. The summed E-state index contributed by atoms with van der Waals surface area (Å²) in [6.07, 6.45) is 0.174. The zero-order valence-electron chi connectivity index (χ0n) is 15.6. The van der Waals surface area contributed by atoms with Crippen LogP contribution in [-0.2, 0) is 20.9 Å². The Morgan fingerprint density at radius 3 is 2.68 bits per heavy atom. The minimum absolute atomic E-state index is 0.0423. The molecule has 0 aliphatic carbocycles. The van der Waals surface area contributed by atoms with Crippen LogP contribution in [0.3, 0.4) is 0 Å².